The Morgan fingerprint density at radius 3 is 2.17 bits per heavy atom. The fourth-order valence-corrected chi connectivity index (χ4v) is 4.76. The Bertz CT molecular complexity index is 1150. The summed E-state index contributed by atoms with van der Waals surface area (Å²) in [5.41, 5.74) is 6.47. The molecule has 3 rings (SSSR count). The van der Waals surface area contributed by atoms with Gasteiger partial charge in [0.05, 0.1) is 30.5 Å². The zero-order valence-corrected chi connectivity index (χ0v) is 16.3. The van der Waals surface area contributed by atoms with Crippen LogP contribution in [0.1, 0.15) is 16.7 Å². The van der Waals surface area contributed by atoms with Gasteiger partial charge in [0.15, 0.2) is 0 Å². The molecule has 10 heteroatoms. The van der Waals surface area contributed by atoms with Crippen molar-refractivity contribution in [2.24, 2.45) is 0 Å². The quantitative estimate of drug-likeness (QED) is 0.768. The van der Waals surface area contributed by atoms with Gasteiger partial charge in [0.2, 0.25) is 21.7 Å². The third-order valence-electron chi connectivity index (χ3n) is 4.78. The molecule has 0 unspecified atom stereocenters. The smallest absolute Gasteiger partial charge is 0.243 e. The molecule has 29 heavy (non-hydrogen) atoms. The lowest BCUT2D eigenvalue weighted by atomic mass is 10.0. The van der Waals surface area contributed by atoms with Crippen molar-refractivity contribution in [3.63, 3.8) is 0 Å². The number of aromatic amines is 1. The van der Waals surface area contributed by atoms with Crippen LogP contribution in [0.2, 0.25) is 0 Å². The molecule has 1 saturated heterocycles. The van der Waals surface area contributed by atoms with Gasteiger partial charge in [0.25, 0.3) is 0 Å². The first-order valence-corrected chi connectivity index (χ1v) is 10.2. The maximum atomic E-state index is 12.8. The molecule has 0 aliphatic carbocycles. The van der Waals surface area contributed by atoms with Crippen molar-refractivity contribution in [1.29, 1.82) is 15.8 Å². The number of hydrogen-bond donors (Lipinski definition) is 1. The van der Waals surface area contributed by atoms with Gasteiger partial charge in [-0.3, -0.25) is 4.90 Å². The number of hydrogen-bond acceptors (Lipinski definition) is 7. The Kier molecular flexibility index (Phi) is 5.65. The highest BCUT2D eigenvalue weighted by Crippen LogP contribution is 2.26. The molecule has 0 radical (unpaired) electrons. The molecule has 0 atom stereocenters. The highest BCUT2D eigenvalue weighted by molar-refractivity contribution is 7.89. The molecular formula is C19H18N7O2S+. The second kappa shape index (κ2) is 8.15. The molecule has 0 saturated carbocycles. The number of sulfonamides is 1. The molecule has 146 valence electrons. The van der Waals surface area contributed by atoms with E-state index in [4.69, 9.17) is 11.0 Å². The number of benzene rings is 1. The first-order valence-electron chi connectivity index (χ1n) is 8.79. The fourth-order valence-electron chi connectivity index (χ4n) is 3.32. The van der Waals surface area contributed by atoms with E-state index in [1.165, 1.54) is 4.31 Å². The van der Waals surface area contributed by atoms with E-state index in [-0.39, 0.29) is 46.9 Å². The average Bonchev–Trinajstić information content (AvgIpc) is 2.74. The number of rotatable bonds is 4. The SMILES string of the molecule is N#CCc1c(C#N)c(N)[nH+]c(N2CCN(S(=O)(=O)c3ccccc3)CC2)c1C#N. The summed E-state index contributed by atoms with van der Waals surface area (Å²) in [7, 11) is -3.60. The Hall–Kier alpha value is -3.65. The number of anilines is 2. The molecular weight excluding hydrogens is 390 g/mol. The van der Waals surface area contributed by atoms with Crippen molar-refractivity contribution >= 4 is 21.7 Å². The van der Waals surface area contributed by atoms with Crippen LogP contribution in [0.15, 0.2) is 35.2 Å². The standard InChI is InChI=1S/C19H17N7O2S/c20-7-6-15-16(12-21)18(23)24-19(17(15)13-22)25-8-10-26(11-9-25)29(27,28)14-4-2-1-3-5-14/h1-5H,6,8-11H2,(H2,23,24)/p+1. The maximum Gasteiger partial charge on any atom is 0.243 e. The molecule has 3 N–H and O–H groups in total. The number of pyridine rings is 1. The van der Waals surface area contributed by atoms with Gasteiger partial charge in [-0.2, -0.15) is 20.1 Å². The van der Waals surface area contributed by atoms with Gasteiger partial charge in [-0.25, -0.2) is 13.4 Å². The zero-order valence-electron chi connectivity index (χ0n) is 15.5. The summed E-state index contributed by atoms with van der Waals surface area (Å²) in [6, 6.07) is 14.2. The van der Waals surface area contributed by atoms with Crippen LogP contribution in [-0.4, -0.2) is 38.9 Å². The maximum absolute atomic E-state index is 12.8. The van der Waals surface area contributed by atoms with Crippen LogP contribution in [0.5, 0.6) is 0 Å². The predicted molar refractivity (Wildman–Crippen MR) is 104 cm³/mol. The monoisotopic (exact) mass is 408 g/mol. The summed E-state index contributed by atoms with van der Waals surface area (Å²) >= 11 is 0. The lowest BCUT2D eigenvalue weighted by Crippen LogP contribution is -2.50. The summed E-state index contributed by atoms with van der Waals surface area (Å²) in [4.78, 5) is 4.93. The number of aromatic nitrogens is 1. The summed E-state index contributed by atoms with van der Waals surface area (Å²) in [5, 5.41) is 28.0. The fraction of sp³-hybridized carbons (Fsp3) is 0.263. The molecule has 1 aliphatic rings. The molecule has 1 fully saturated rings. The molecule has 0 amide bonds. The van der Waals surface area contributed by atoms with E-state index in [0.717, 1.165) is 0 Å². The molecule has 1 aromatic heterocycles. The Morgan fingerprint density at radius 1 is 1.00 bits per heavy atom. The minimum atomic E-state index is -3.60. The third kappa shape index (κ3) is 3.70. The molecule has 1 aromatic carbocycles. The van der Waals surface area contributed by atoms with Crippen LogP contribution < -0.4 is 15.6 Å². The predicted octanol–water partition coefficient (Wildman–Crippen LogP) is 0.403. The van der Waals surface area contributed by atoms with E-state index in [1.807, 2.05) is 17.0 Å². The van der Waals surface area contributed by atoms with Gasteiger partial charge >= 0.3 is 0 Å². The molecule has 0 bridgehead atoms. The number of nitrogens with zero attached hydrogens (tertiary/aromatic N) is 5. The van der Waals surface area contributed by atoms with Crippen molar-refractivity contribution in [1.82, 2.24) is 4.31 Å². The van der Waals surface area contributed by atoms with Gasteiger partial charge < -0.3 is 5.73 Å². The number of nitriles is 3. The van der Waals surface area contributed by atoms with E-state index in [9.17, 15) is 18.9 Å². The van der Waals surface area contributed by atoms with E-state index in [1.54, 1.807) is 30.3 Å². The first-order chi connectivity index (χ1) is 13.9. The average molecular weight is 408 g/mol. The molecule has 2 heterocycles. The second-order valence-electron chi connectivity index (χ2n) is 6.38. The van der Waals surface area contributed by atoms with Gasteiger partial charge in [0.1, 0.15) is 23.3 Å². The topological polar surface area (TPSA) is 152 Å². The summed E-state index contributed by atoms with van der Waals surface area (Å²) in [6.45, 7) is 1.11. The number of nitrogens with two attached hydrogens (primary N) is 1. The van der Waals surface area contributed by atoms with Crippen LogP contribution in [0.25, 0.3) is 0 Å². The van der Waals surface area contributed by atoms with Crippen LogP contribution in [0.3, 0.4) is 0 Å². The van der Waals surface area contributed by atoms with E-state index in [2.05, 4.69) is 11.1 Å². The van der Waals surface area contributed by atoms with E-state index in [0.29, 0.717) is 18.9 Å². The Balaban J connectivity index is 1.90. The minimum absolute atomic E-state index is 0.0751. The highest BCUT2D eigenvalue weighted by Gasteiger charge is 2.33. The second-order valence-corrected chi connectivity index (χ2v) is 8.32. The van der Waals surface area contributed by atoms with Crippen LogP contribution >= 0.6 is 0 Å². The molecule has 0 spiro atoms. The number of piperazine rings is 1. The van der Waals surface area contributed by atoms with Crippen LogP contribution in [0, 0.1) is 34.0 Å². The van der Waals surface area contributed by atoms with Crippen molar-refractivity contribution < 1.29 is 13.4 Å². The van der Waals surface area contributed by atoms with Crippen LogP contribution in [-0.2, 0) is 16.4 Å². The number of H-pyrrole nitrogens is 1. The van der Waals surface area contributed by atoms with Crippen molar-refractivity contribution in [2.45, 2.75) is 11.3 Å². The third-order valence-corrected chi connectivity index (χ3v) is 6.69. The van der Waals surface area contributed by atoms with Gasteiger partial charge in [-0.1, -0.05) is 18.2 Å². The lowest BCUT2D eigenvalue weighted by Gasteiger charge is -2.32. The summed E-state index contributed by atoms with van der Waals surface area (Å²) in [6.07, 6.45) is -0.125. The Morgan fingerprint density at radius 2 is 1.62 bits per heavy atom. The van der Waals surface area contributed by atoms with E-state index < -0.39 is 10.0 Å². The van der Waals surface area contributed by atoms with Crippen molar-refractivity contribution in [3.05, 3.63) is 47.0 Å². The number of nitrogens with one attached hydrogen (secondary N) is 1. The molecule has 1 aliphatic heterocycles. The van der Waals surface area contributed by atoms with Crippen molar-refractivity contribution in [2.75, 3.05) is 36.8 Å². The van der Waals surface area contributed by atoms with Gasteiger partial charge in [-0.05, 0) is 12.1 Å². The normalized spacial score (nSPS) is 14.6. The van der Waals surface area contributed by atoms with Gasteiger partial charge in [0, 0.05) is 18.7 Å². The summed E-state index contributed by atoms with van der Waals surface area (Å²) < 4.78 is 27.0. The minimum Gasteiger partial charge on any atom is -0.318 e. The highest BCUT2D eigenvalue weighted by atomic mass is 32.2. The number of nitrogen functional groups attached to an aromatic ring is 1. The zero-order chi connectivity index (χ0) is 21.0. The van der Waals surface area contributed by atoms with Crippen molar-refractivity contribution in [3.8, 4) is 18.2 Å². The Labute approximate surface area is 168 Å². The largest absolute Gasteiger partial charge is 0.318 e. The lowest BCUT2D eigenvalue weighted by molar-refractivity contribution is -0.347. The molecule has 9 nitrogen and oxygen atoms in total. The molecule has 2 aromatic rings. The van der Waals surface area contributed by atoms with Crippen LogP contribution in [0.4, 0.5) is 11.6 Å². The first kappa shape index (κ1) is 20.1. The van der Waals surface area contributed by atoms with E-state index >= 15 is 0 Å². The summed E-state index contributed by atoms with van der Waals surface area (Å²) in [5.74, 6) is 0.470. The van der Waals surface area contributed by atoms with Gasteiger partial charge in [-0.15, -0.1) is 0 Å².